The Morgan fingerprint density at radius 3 is 2.38 bits per heavy atom. The van der Waals surface area contributed by atoms with Crippen molar-refractivity contribution in [1.82, 2.24) is 9.80 Å². The molecule has 0 aromatic heterocycles. The number of aliphatic hydroxyl groups is 1. The van der Waals surface area contributed by atoms with Gasteiger partial charge in [0.25, 0.3) is 0 Å². The summed E-state index contributed by atoms with van der Waals surface area (Å²) in [4.78, 5) is 24.7. The number of aliphatic hydroxyl groups excluding tert-OH is 1. The van der Waals surface area contributed by atoms with Gasteiger partial charge in [0.2, 0.25) is 0 Å². The van der Waals surface area contributed by atoms with Crippen LogP contribution < -0.4 is 0 Å². The van der Waals surface area contributed by atoms with E-state index >= 15 is 0 Å². The number of likely N-dealkylation sites (N-methyl/N-ethyl adjacent to an activating group) is 1. The second kappa shape index (κ2) is 7.54. The first-order chi connectivity index (χ1) is 7.56. The Morgan fingerprint density at radius 1 is 1.38 bits per heavy atom. The lowest BCUT2D eigenvalue weighted by Crippen LogP contribution is -2.46. The minimum atomic E-state index is -1.12. The normalized spacial score (nSPS) is 9.31. The van der Waals surface area contributed by atoms with Gasteiger partial charge in [-0.2, -0.15) is 0 Å². The zero-order valence-electron chi connectivity index (χ0n) is 9.22. The van der Waals surface area contributed by atoms with E-state index in [-0.39, 0.29) is 19.7 Å². The van der Waals surface area contributed by atoms with Gasteiger partial charge in [-0.3, -0.25) is 4.79 Å². The molecular weight excluding hydrogens is 212 g/mol. The molecule has 2 N–H and O–H groups in total. The number of carboxylic acid groups (broad SMARTS) is 1. The number of carbonyl (C=O) groups excluding carboxylic acids is 1. The standard InChI is InChI=1S/C10H16N2O4/c1-3-5-12(8-9(14)15)10(16)11(4-2)6-7-13/h1,13H,4-8H2,2H3,(H,14,15). The Morgan fingerprint density at radius 2 is 2.00 bits per heavy atom. The van der Waals surface area contributed by atoms with E-state index < -0.39 is 18.5 Å². The third-order valence-electron chi connectivity index (χ3n) is 1.90. The predicted octanol–water partition coefficient (Wildman–Crippen LogP) is -0.560. The number of urea groups is 1. The van der Waals surface area contributed by atoms with Crippen molar-refractivity contribution in [1.29, 1.82) is 0 Å². The van der Waals surface area contributed by atoms with Gasteiger partial charge in [0, 0.05) is 13.1 Å². The summed E-state index contributed by atoms with van der Waals surface area (Å²) in [6.07, 6.45) is 5.05. The smallest absolute Gasteiger partial charge is 0.323 e. The lowest BCUT2D eigenvalue weighted by atomic mass is 10.4. The van der Waals surface area contributed by atoms with Crippen molar-refractivity contribution >= 4 is 12.0 Å². The number of aliphatic carboxylic acids is 1. The van der Waals surface area contributed by atoms with Crippen LogP contribution in [0.1, 0.15) is 6.92 Å². The minimum absolute atomic E-state index is 0.0624. The number of carboxylic acids is 1. The van der Waals surface area contributed by atoms with Gasteiger partial charge in [0.05, 0.1) is 13.2 Å². The Bertz CT molecular complexity index is 285. The van der Waals surface area contributed by atoms with Crippen LogP contribution in [0.2, 0.25) is 0 Å². The number of amides is 2. The molecule has 0 aromatic carbocycles. The second-order valence-electron chi connectivity index (χ2n) is 3.04. The van der Waals surface area contributed by atoms with Gasteiger partial charge in [-0.15, -0.1) is 6.42 Å². The molecule has 0 spiro atoms. The summed E-state index contributed by atoms with van der Waals surface area (Å²) in [7, 11) is 0. The number of hydrogen-bond donors (Lipinski definition) is 2. The highest BCUT2D eigenvalue weighted by Crippen LogP contribution is 1.98. The van der Waals surface area contributed by atoms with Crippen LogP contribution in [0.4, 0.5) is 4.79 Å². The second-order valence-corrected chi connectivity index (χ2v) is 3.04. The van der Waals surface area contributed by atoms with Crippen LogP contribution in [0.3, 0.4) is 0 Å². The predicted molar refractivity (Wildman–Crippen MR) is 57.8 cm³/mol. The molecule has 6 heteroatoms. The molecule has 0 saturated heterocycles. The molecule has 0 bridgehead atoms. The maximum atomic E-state index is 11.8. The lowest BCUT2D eigenvalue weighted by molar-refractivity contribution is -0.137. The van der Waals surface area contributed by atoms with Crippen LogP contribution in [0.5, 0.6) is 0 Å². The topological polar surface area (TPSA) is 81.1 Å². The third-order valence-corrected chi connectivity index (χ3v) is 1.90. The Kier molecular flexibility index (Phi) is 6.72. The summed E-state index contributed by atoms with van der Waals surface area (Å²) >= 11 is 0. The molecule has 6 nitrogen and oxygen atoms in total. The van der Waals surface area contributed by atoms with Crippen molar-refractivity contribution in [2.24, 2.45) is 0 Å². The molecule has 0 saturated carbocycles. The molecule has 0 aliphatic carbocycles. The summed E-state index contributed by atoms with van der Waals surface area (Å²) in [5.41, 5.74) is 0. The maximum Gasteiger partial charge on any atom is 0.323 e. The van der Waals surface area contributed by atoms with Gasteiger partial charge in [-0.1, -0.05) is 5.92 Å². The number of rotatable bonds is 6. The van der Waals surface area contributed by atoms with Gasteiger partial charge in [0.1, 0.15) is 6.54 Å². The molecule has 0 radical (unpaired) electrons. The third kappa shape index (κ3) is 4.66. The van der Waals surface area contributed by atoms with Crippen LogP contribution >= 0.6 is 0 Å². The van der Waals surface area contributed by atoms with Gasteiger partial charge in [0.15, 0.2) is 0 Å². The first kappa shape index (κ1) is 14.3. The molecule has 0 aliphatic rings. The summed E-state index contributed by atoms with van der Waals surface area (Å²) in [6, 6.07) is -0.475. The van der Waals surface area contributed by atoms with E-state index in [0.717, 1.165) is 4.90 Å². The van der Waals surface area contributed by atoms with Gasteiger partial charge in [-0.05, 0) is 6.92 Å². The molecule has 0 rings (SSSR count). The van der Waals surface area contributed by atoms with E-state index in [4.69, 9.17) is 16.6 Å². The Balaban J connectivity index is 4.57. The van der Waals surface area contributed by atoms with E-state index in [1.165, 1.54) is 4.90 Å². The molecule has 0 atom stereocenters. The molecule has 0 unspecified atom stereocenters. The van der Waals surface area contributed by atoms with Crippen LogP contribution in [0.25, 0.3) is 0 Å². The highest BCUT2D eigenvalue weighted by Gasteiger charge is 2.20. The van der Waals surface area contributed by atoms with Crippen LogP contribution in [-0.4, -0.2) is 64.8 Å². The first-order valence-electron chi connectivity index (χ1n) is 4.86. The minimum Gasteiger partial charge on any atom is -0.480 e. The largest absolute Gasteiger partial charge is 0.480 e. The van der Waals surface area contributed by atoms with Crippen molar-refractivity contribution in [2.75, 3.05) is 32.8 Å². The number of hydrogen-bond acceptors (Lipinski definition) is 3. The average Bonchev–Trinajstić information content (AvgIpc) is 2.23. The average molecular weight is 228 g/mol. The van der Waals surface area contributed by atoms with Crippen LogP contribution in [0, 0.1) is 12.3 Å². The van der Waals surface area contributed by atoms with Crippen molar-refractivity contribution < 1.29 is 19.8 Å². The summed E-state index contributed by atoms with van der Waals surface area (Å²) < 4.78 is 0. The number of terminal acetylenes is 1. The molecule has 2 amide bonds. The highest BCUT2D eigenvalue weighted by atomic mass is 16.4. The molecule has 16 heavy (non-hydrogen) atoms. The van der Waals surface area contributed by atoms with E-state index in [0.29, 0.717) is 6.54 Å². The zero-order chi connectivity index (χ0) is 12.6. The molecule has 0 aromatic rings. The van der Waals surface area contributed by atoms with Crippen molar-refractivity contribution in [2.45, 2.75) is 6.92 Å². The lowest BCUT2D eigenvalue weighted by Gasteiger charge is -2.27. The van der Waals surface area contributed by atoms with Crippen LogP contribution in [0.15, 0.2) is 0 Å². The van der Waals surface area contributed by atoms with E-state index in [2.05, 4.69) is 5.92 Å². The van der Waals surface area contributed by atoms with Crippen molar-refractivity contribution in [3.05, 3.63) is 0 Å². The Hall–Kier alpha value is -1.74. The summed E-state index contributed by atoms with van der Waals surface area (Å²) in [5, 5.41) is 17.4. The van der Waals surface area contributed by atoms with E-state index in [1.807, 2.05) is 0 Å². The van der Waals surface area contributed by atoms with Crippen LogP contribution in [-0.2, 0) is 4.79 Å². The van der Waals surface area contributed by atoms with E-state index in [1.54, 1.807) is 6.92 Å². The number of nitrogens with zero attached hydrogens (tertiary/aromatic N) is 2. The first-order valence-corrected chi connectivity index (χ1v) is 4.86. The quantitative estimate of drug-likeness (QED) is 0.597. The fraction of sp³-hybridized carbons (Fsp3) is 0.600. The zero-order valence-corrected chi connectivity index (χ0v) is 9.22. The molecule has 0 fully saturated rings. The van der Waals surface area contributed by atoms with Gasteiger partial charge < -0.3 is 20.0 Å². The van der Waals surface area contributed by atoms with Crippen molar-refractivity contribution in [3.63, 3.8) is 0 Å². The monoisotopic (exact) mass is 228 g/mol. The molecule has 0 heterocycles. The highest BCUT2D eigenvalue weighted by molar-refractivity contribution is 5.80. The van der Waals surface area contributed by atoms with Gasteiger partial charge >= 0.3 is 12.0 Å². The SMILES string of the molecule is C#CCN(CC(=O)O)C(=O)N(CC)CCO. The van der Waals surface area contributed by atoms with E-state index in [9.17, 15) is 9.59 Å². The fourth-order valence-electron chi connectivity index (χ4n) is 1.17. The summed E-state index contributed by atoms with van der Waals surface area (Å²) in [6.45, 7) is 1.62. The molecular formula is C10H16N2O4. The molecule has 90 valence electrons. The molecule has 0 aliphatic heterocycles. The Labute approximate surface area is 94.5 Å². The summed E-state index contributed by atoms with van der Waals surface area (Å²) in [5.74, 6) is 1.11. The maximum absolute atomic E-state index is 11.8. The fourth-order valence-corrected chi connectivity index (χ4v) is 1.17. The number of carbonyl (C=O) groups is 2. The van der Waals surface area contributed by atoms with Crippen molar-refractivity contribution in [3.8, 4) is 12.3 Å². The van der Waals surface area contributed by atoms with Gasteiger partial charge in [-0.25, -0.2) is 4.79 Å².